The number of imide groups is 1. The Kier molecular flexibility index (Phi) is 7.94. The number of ether oxygens (including phenoxy) is 1. The normalized spacial score (nSPS) is 19.7. The summed E-state index contributed by atoms with van der Waals surface area (Å²) in [6.45, 7) is 3.97. The van der Waals surface area contributed by atoms with Crippen LogP contribution in [-0.2, 0) is 14.3 Å². The van der Waals surface area contributed by atoms with Gasteiger partial charge < -0.3 is 19.9 Å². The van der Waals surface area contributed by atoms with E-state index in [-0.39, 0.29) is 40.5 Å². The summed E-state index contributed by atoms with van der Waals surface area (Å²) < 4.78 is 5.00. The van der Waals surface area contributed by atoms with Gasteiger partial charge in [-0.15, -0.1) is 0 Å². The van der Waals surface area contributed by atoms with Gasteiger partial charge in [0.2, 0.25) is 0 Å². The summed E-state index contributed by atoms with van der Waals surface area (Å²) in [4.78, 5) is 55.2. The van der Waals surface area contributed by atoms with Crippen molar-refractivity contribution in [1.29, 1.82) is 0 Å². The maximum Gasteiger partial charge on any atom is 0.338 e. The molecule has 2 aromatic rings. The largest absolute Gasteiger partial charge is 0.462 e. The Bertz CT molecular complexity index is 1250. The number of carbonyl (C=O) groups excluding carboxylic acids is 4. The van der Waals surface area contributed by atoms with E-state index in [0.717, 1.165) is 30.8 Å². The number of amides is 3. The van der Waals surface area contributed by atoms with Gasteiger partial charge in [-0.3, -0.25) is 14.4 Å². The lowest BCUT2D eigenvalue weighted by atomic mass is 10.0. The van der Waals surface area contributed by atoms with Crippen molar-refractivity contribution in [3.63, 3.8) is 0 Å². The van der Waals surface area contributed by atoms with E-state index in [1.165, 1.54) is 23.1 Å². The molecule has 0 aromatic heterocycles. The van der Waals surface area contributed by atoms with Crippen LogP contribution in [0.15, 0.2) is 59.3 Å². The molecule has 0 bridgehead atoms. The Labute approximate surface area is 220 Å². The van der Waals surface area contributed by atoms with Gasteiger partial charge in [-0.05, 0) is 49.4 Å². The van der Waals surface area contributed by atoms with Crippen LogP contribution in [0.4, 0.5) is 11.4 Å². The lowest BCUT2D eigenvalue weighted by Gasteiger charge is -2.33. The summed E-state index contributed by atoms with van der Waals surface area (Å²) >= 11 is 6.24. The van der Waals surface area contributed by atoms with Crippen molar-refractivity contribution in [1.82, 2.24) is 4.90 Å². The molecule has 1 fully saturated rings. The van der Waals surface area contributed by atoms with E-state index in [0.29, 0.717) is 11.3 Å². The number of rotatable bonds is 7. The summed E-state index contributed by atoms with van der Waals surface area (Å²) in [6, 6.07) is 12.9. The Morgan fingerprint density at radius 2 is 1.76 bits per heavy atom. The van der Waals surface area contributed by atoms with Crippen LogP contribution < -0.4 is 15.1 Å². The molecule has 0 spiro atoms. The number of nitrogens with zero attached hydrogens (tertiary/aromatic N) is 2. The number of hydrogen-bond acceptors (Lipinski definition) is 6. The lowest BCUT2D eigenvalue weighted by molar-refractivity contribution is -0.885. The number of esters is 1. The van der Waals surface area contributed by atoms with Gasteiger partial charge >= 0.3 is 5.97 Å². The molecule has 0 atom stereocenters. The molecule has 2 aromatic carbocycles. The second-order valence-electron chi connectivity index (χ2n) is 9.21. The number of benzene rings is 2. The fraction of sp³-hybridized carbons (Fsp3) is 0.333. The first-order valence-corrected chi connectivity index (χ1v) is 12.6. The molecular weight excluding hydrogens is 496 g/mol. The zero-order chi connectivity index (χ0) is 26.7. The van der Waals surface area contributed by atoms with Crippen molar-refractivity contribution in [2.45, 2.75) is 25.8 Å². The molecule has 2 N–H and O–H groups in total. The van der Waals surface area contributed by atoms with Crippen LogP contribution in [-0.4, -0.2) is 68.4 Å². The second-order valence-corrected chi connectivity index (χ2v) is 9.59. The molecule has 37 heavy (non-hydrogen) atoms. The Morgan fingerprint density at radius 3 is 2.41 bits per heavy atom. The van der Waals surface area contributed by atoms with Crippen LogP contribution in [0.2, 0.25) is 0 Å². The van der Waals surface area contributed by atoms with Gasteiger partial charge in [0.05, 0.1) is 38.0 Å². The molecule has 194 valence electrons. The summed E-state index contributed by atoms with van der Waals surface area (Å²) in [6.07, 6.45) is 1.94. The first-order valence-electron chi connectivity index (χ1n) is 12.2. The number of carbonyl (C=O) groups is 4. The molecule has 2 heterocycles. The van der Waals surface area contributed by atoms with Gasteiger partial charge in [-0.2, -0.15) is 0 Å². The van der Waals surface area contributed by atoms with Gasteiger partial charge in [0.15, 0.2) is 0 Å². The topological polar surface area (TPSA) is 100 Å². The minimum Gasteiger partial charge on any atom is -0.462 e. The smallest absolute Gasteiger partial charge is 0.338 e. The molecule has 4 rings (SSSR count). The van der Waals surface area contributed by atoms with E-state index < -0.39 is 17.8 Å². The van der Waals surface area contributed by atoms with Crippen molar-refractivity contribution in [2.24, 2.45) is 0 Å². The third kappa shape index (κ3) is 5.52. The van der Waals surface area contributed by atoms with Crippen LogP contribution in [0.25, 0.3) is 0 Å². The number of halogens is 1. The van der Waals surface area contributed by atoms with Gasteiger partial charge in [-0.1, -0.05) is 17.7 Å². The second kappa shape index (κ2) is 11.1. The summed E-state index contributed by atoms with van der Waals surface area (Å²) in [5.74, 6) is -1.98. The van der Waals surface area contributed by atoms with Crippen LogP contribution in [0.1, 0.15) is 40.5 Å². The molecule has 9 nitrogen and oxygen atoms in total. The zero-order valence-corrected chi connectivity index (χ0v) is 21.8. The minimum atomic E-state index is -0.705. The Balaban J connectivity index is 1.46. The average molecular weight is 526 g/mol. The fourth-order valence-electron chi connectivity index (χ4n) is 4.52. The number of likely N-dealkylation sites (tertiary alicyclic amines) is 1. The molecule has 2 aliphatic heterocycles. The molecule has 0 saturated carbocycles. The van der Waals surface area contributed by atoms with E-state index in [1.54, 1.807) is 42.2 Å². The zero-order valence-electron chi connectivity index (χ0n) is 21.0. The third-order valence-electron chi connectivity index (χ3n) is 6.72. The van der Waals surface area contributed by atoms with Crippen molar-refractivity contribution in [2.75, 3.05) is 44.0 Å². The Morgan fingerprint density at radius 1 is 1.08 bits per heavy atom. The molecule has 0 radical (unpaired) electrons. The van der Waals surface area contributed by atoms with Crippen LogP contribution in [0.3, 0.4) is 0 Å². The van der Waals surface area contributed by atoms with Crippen LogP contribution in [0, 0.1) is 0 Å². The average Bonchev–Trinajstić information content (AvgIpc) is 3.11. The fourth-order valence-corrected chi connectivity index (χ4v) is 4.74. The standard InChI is InChI=1S/C27H29ClN4O5/c1-4-37-27(36)18-6-5-7-21(16-18)32-25(34)22(28)23(26(32)35)29-19-10-8-17(9-11-19)24(33)31(3)20-12-14-30(2)15-13-20/h5-11,16,20,29H,4,12-15H2,1-3H3/p+1. The van der Waals surface area contributed by atoms with E-state index in [9.17, 15) is 19.2 Å². The van der Waals surface area contributed by atoms with E-state index >= 15 is 0 Å². The predicted octanol–water partition coefficient (Wildman–Crippen LogP) is 2.05. The maximum absolute atomic E-state index is 13.1. The minimum absolute atomic E-state index is 0.0619. The number of piperidine rings is 1. The number of hydrogen-bond donors (Lipinski definition) is 2. The Hall–Kier alpha value is -3.69. The number of anilines is 2. The van der Waals surface area contributed by atoms with Crippen molar-refractivity contribution in [3.8, 4) is 0 Å². The van der Waals surface area contributed by atoms with Gasteiger partial charge in [0.25, 0.3) is 17.7 Å². The quantitative estimate of drug-likeness (QED) is 0.424. The van der Waals surface area contributed by atoms with Crippen LogP contribution in [0.5, 0.6) is 0 Å². The molecule has 10 heteroatoms. The molecule has 2 aliphatic rings. The van der Waals surface area contributed by atoms with Gasteiger partial charge in [0.1, 0.15) is 10.7 Å². The van der Waals surface area contributed by atoms with Crippen molar-refractivity contribution in [3.05, 3.63) is 70.4 Å². The van der Waals surface area contributed by atoms with E-state index in [2.05, 4.69) is 12.4 Å². The molecule has 0 aliphatic carbocycles. The molecule has 1 saturated heterocycles. The number of quaternary nitrogens is 1. The summed E-state index contributed by atoms with van der Waals surface area (Å²) in [5.41, 5.74) is 1.36. The lowest BCUT2D eigenvalue weighted by Crippen LogP contribution is -3.10. The first kappa shape index (κ1) is 26.4. The van der Waals surface area contributed by atoms with E-state index in [4.69, 9.17) is 16.3 Å². The van der Waals surface area contributed by atoms with Crippen molar-refractivity contribution >= 4 is 46.7 Å². The van der Waals surface area contributed by atoms with Crippen molar-refractivity contribution < 1.29 is 28.8 Å². The van der Waals surface area contributed by atoms with Crippen LogP contribution >= 0.6 is 11.6 Å². The first-order chi connectivity index (χ1) is 17.7. The maximum atomic E-state index is 13.1. The third-order valence-corrected chi connectivity index (χ3v) is 7.07. The highest BCUT2D eigenvalue weighted by atomic mass is 35.5. The summed E-state index contributed by atoms with van der Waals surface area (Å²) in [5, 5.41) is 2.64. The molecule has 0 unspecified atom stereocenters. The summed E-state index contributed by atoms with van der Waals surface area (Å²) in [7, 11) is 3.99. The highest BCUT2D eigenvalue weighted by Crippen LogP contribution is 2.31. The predicted molar refractivity (Wildman–Crippen MR) is 140 cm³/mol. The number of nitrogens with one attached hydrogen (secondary N) is 2. The highest BCUT2D eigenvalue weighted by molar-refractivity contribution is 6.53. The monoisotopic (exact) mass is 525 g/mol. The van der Waals surface area contributed by atoms with Gasteiger partial charge in [0, 0.05) is 37.2 Å². The molecule has 3 amide bonds. The van der Waals surface area contributed by atoms with E-state index in [1.807, 2.05) is 7.05 Å². The van der Waals surface area contributed by atoms with Gasteiger partial charge in [-0.25, -0.2) is 9.69 Å². The SMILES string of the molecule is CCOC(=O)c1cccc(N2C(=O)C(Cl)=C(Nc3ccc(C(=O)N(C)C4CC[NH+](C)CC4)cc3)C2=O)c1. The molecular formula is C27H30ClN4O5+. The highest BCUT2D eigenvalue weighted by Gasteiger charge is 2.39.